The van der Waals surface area contributed by atoms with Crippen molar-refractivity contribution in [1.29, 1.82) is 0 Å². The van der Waals surface area contributed by atoms with E-state index in [2.05, 4.69) is 10.6 Å². The minimum absolute atomic E-state index is 0.0484. The lowest BCUT2D eigenvalue weighted by Crippen LogP contribution is -2.44. The third-order valence-corrected chi connectivity index (χ3v) is 8.96. The summed E-state index contributed by atoms with van der Waals surface area (Å²) in [7, 11) is 0.328. The molecule has 0 spiro atoms. The van der Waals surface area contributed by atoms with Crippen LogP contribution in [0.5, 0.6) is 0 Å². The molecule has 14 heteroatoms. The van der Waals surface area contributed by atoms with E-state index in [9.17, 15) is 26.4 Å². The SMILES string of the molecule is CCC(C)(C)C(=O)NCCC[N+](C)(C)CCCS(=O)(=O)O.CCC(C)C(=O)NCCC[N+](C)(C)CCCS(=O)(=O)O. The van der Waals surface area contributed by atoms with Crippen molar-refractivity contribution in [2.45, 2.75) is 73.1 Å². The van der Waals surface area contributed by atoms with Crippen molar-refractivity contribution in [3.05, 3.63) is 0 Å². The van der Waals surface area contributed by atoms with Crippen LogP contribution in [0.4, 0.5) is 0 Å². The van der Waals surface area contributed by atoms with Crippen LogP contribution in [0.15, 0.2) is 0 Å². The van der Waals surface area contributed by atoms with Gasteiger partial charge in [0.2, 0.25) is 11.8 Å². The second-order valence-electron chi connectivity index (χ2n) is 12.8. The van der Waals surface area contributed by atoms with Gasteiger partial charge in [-0.2, -0.15) is 16.8 Å². The molecule has 0 heterocycles. The maximum absolute atomic E-state index is 11.9. The Labute approximate surface area is 250 Å². The van der Waals surface area contributed by atoms with E-state index in [4.69, 9.17) is 9.11 Å². The molecule has 0 aromatic rings. The quantitative estimate of drug-likeness (QED) is 0.0900. The van der Waals surface area contributed by atoms with E-state index in [1.54, 1.807) is 0 Å². The van der Waals surface area contributed by atoms with E-state index in [1.165, 1.54) is 0 Å². The molecule has 12 nitrogen and oxygen atoms in total. The van der Waals surface area contributed by atoms with Crippen molar-refractivity contribution in [3.8, 4) is 0 Å². The molecule has 0 rings (SSSR count). The molecule has 1 unspecified atom stereocenters. The van der Waals surface area contributed by atoms with Gasteiger partial charge in [0.25, 0.3) is 20.2 Å². The molecule has 0 saturated heterocycles. The zero-order chi connectivity index (χ0) is 32.5. The molecule has 0 saturated carbocycles. The highest BCUT2D eigenvalue weighted by Gasteiger charge is 2.25. The molecule has 1 atom stereocenters. The number of nitrogens with one attached hydrogen (secondary N) is 2. The van der Waals surface area contributed by atoms with E-state index in [1.807, 2.05) is 62.8 Å². The van der Waals surface area contributed by atoms with E-state index in [0.29, 0.717) is 48.0 Å². The molecule has 41 heavy (non-hydrogen) atoms. The smallest absolute Gasteiger partial charge is 0.265 e. The number of hydrogen-bond donors (Lipinski definition) is 4. The summed E-state index contributed by atoms with van der Waals surface area (Å²) in [6.45, 7) is 14.1. The number of carbonyl (C=O) groups excluding carboxylic acids is 2. The maximum atomic E-state index is 11.9. The Balaban J connectivity index is 0. The maximum Gasteiger partial charge on any atom is 0.265 e. The second-order valence-corrected chi connectivity index (χ2v) is 16.0. The lowest BCUT2D eigenvalue weighted by atomic mass is 9.89. The van der Waals surface area contributed by atoms with Crippen molar-refractivity contribution < 1.29 is 44.5 Å². The van der Waals surface area contributed by atoms with E-state index >= 15 is 0 Å². The summed E-state index contributed by atoms with van der Waals surface area (Å²) in [6.07, 6.45) is 4.19. The van der Waals surface area contributed by atoms with Crippen molar-refractivity contribution in [3.63, 3.8) is 0 Å². The summed E-state index contributed by atoms with van der Waals surface area (Å²) in [4.78, 5) is 23.5. The van der Waals surface area contributed by atoms with Crippen LogP contribution in [0.1, 0.15) is 73.1 Å². The van der Waals surface area contributed by atoms with Crippen molar-refractivity contribution in [2.24, 2.45) is 11.3 Å². The molecule has 4 N–H and O–H groups in total. The first-order valence-electron chi connectivity index (χ1n) is 14.6. The minimum atomic E-state index is -3.87. The zero-order valence-corrected chi connectivity index (χ0v) is 28.7. The highest BCUT2D eigenvalue weighted by atomic mass is 32.2. The van der Waals surface area contributed by atoms with Crippen LogP contribution in [0.2, 0.25) is 0 Å². The normalized spacial score (nSPS) is 13.6. The topological polar surface area (TPSA) is 167 Å². The summed E-state index contributed by atoms with van der Waals surface area (Å²) in [6, 6.07) is 0. The molecule has 0 aromatic carbocycles. The number of quaternary nitrogens is 2. The van der Waals surface area contributed by atoms with Crippen LogP contribution in [0.3, 0.4) is 0 Å². The van der Waals surface area contributed by atoms with Crippen LogP contribution in [-0.2, 0) is 29.8 Å². The van der Waals surface area contributed by atoms with Gasteiger partial charge in [-0.1, -0.05) is 34.6 Å². The molecule has 0 aliphatic heterocycles. The van der Waals surface area contributed by atoms with Crippen molar-refractivity contribution >= 4 is 32.1 Å². The van der Waals surface area contributed by atoms with E-state index in [-0.39, 0.29) is 34.7 Å². The van der Waals surface area contributed by atoms with Crippen molar-refractivity contribution in [2.75, 3.05) is 79.0 Å². The number of carbonyl (C=O) groups is 2. The van der Waals surface area contributed by atoms with Gasteiger partial charge in [0.1, 0.15) is 0 Å². The molecule has 246 valence electrons. The summed E-state index contributed by atoms with van der Waals surface area (Å²) < 4.78 is 61.4. The Morgan fingerprint density at radius 2 is 1.10 bits per heavy atom. The number of rotatable bonds is 20. The fraction of sp³-hybridized carbons (Fsp3) is 0.926. The molecule has 0 aromatic heterocycles. The molecular weight excluding hydrogens is 572 g/mol. The number of nitrogens with zero attached hydrogens (tertiary/aromatic N) is 2. The first kappa shape index (κ1) is 41.8. The van der Waals surface area contributed by atoms with Crippen LogP contribution in [-0.4, -0.2) is 126 Å². The Hall–Kier alpha value is -1.32. The highest BCUT2D eigenvalue weighted by molar-refractivity contribution is 7.86. The van der Waals surface area contributed by atoms with Crippen LogP contribution >= 0.6 is 0 Å². The predicted octanol–water partition coefficient (Wildman–Crippen LogP) is 2.18. The Kier molecular flexibility index (Phi) is 19.4. The van der Waals surface area contributed by atoms with E-state index in [0.717, 1.165) is 38.8 Å². The molecule has 0 aliphatic rings. The average Bonchev–Trinajstić information content (AvgIpc) is 2.82. The van der Waals surface area contributed by atoms with Gasteiger partial charge >= 0.3 is 0 Å². The summed E-state index contributed by atoms with van der Waals surface area (Å²) >= 11 is 0. The Morgan fingerprint density at radius 3 is 1.44 bits per heavy atom. The fourth-order valence-electron chi connectivity index (χ4n) is 3.76. The highest BCUT2D eigenvalue weighted by Crippen LogP contribution is 2.19. The first-order chi connectivity index (χ1) is 18.5. The fourth-order valence-corrected chi connectivity index (χ4v) is 4.75. The third-order valence-electron chi connectivity index (χ3n) is 7.36. The molecular formula is C27H60N4O8S2+2. The zero-order valence-electron chi connectivity index (χ0n) is 27.0. The number of amides is 2. The molecule has 0 fully saturated rings. The van der Waals surface area contributed by atoms with Gasteiger partial charge in [-0.25, -0.2) is 0 Å². The largest absolute Gasteiger partial charge is 0.356 e. The lowest BCUT2D eigenvalue weighted by molar-refractivity contribution is -0.890. The van der Waals surface area contributed by atoms with Crippen LogP contribution in [0.25, 0.3) is 0 Å². The second kappa shape index (κ2) is 19.1. The van der Waals surface area contributed by atoms with Gasteiger partial charge in [0.05, 0.1) is 65.9 Å². The van der Waals surface area contributed by atoms with Crippen molar-refractivity contribution in [1.82, 2.24) is 10.6 Å². The molecule has 0 radical (unpaired) electrons. The van der Waals surface area contributed by atoms with Gasteiger partial charge < -0.3 is 19.6 Å². The molecule has 2 amide bonds. The molecule has 0 aliphatic carbocycles. The lowest BCUT2D eigenvalue weighted by Gasteiger charge is -2.30. The van der Waals surface area contributed by atoms with Crippen LogP contribution < -0.4 is 10.6 Å². The summed E-state index contributed by atoms with van der Waals surface area (Å²) in [5, 5.41) is 5.84. The van der Waals surface area contributed by atoms with Gasteiger partial charge in [0.15, 0.2) is 0 Å². The standard InChI is InChI=1S/C14H30N2O4S.C13H28N2O4S/c1-6-14(2,3)13(17)15-9-7-10-16(4,5)11-8-12-21(18,19)20;1-5-12(2)13(16)14-8-6-9-15(3,4)10-7-11-20(17,18)19/h6-12H2,1-5H3,(H-,15,17,18,19,20);12H,5-11H2,1-4H3,(H-,14,16,17,18,19)/p+2. The van der Waals surface area contributed by atoms with Gasteiger partial charge in [-0.15, -0.1) is 0 Å². The Bertz CT molecular complexity index is 981. The number of hydrogen-bond acceptors (Lipinski definition) is 6. The average molecular weight is 633 g/mol. The summed E-state index contributed by atoms with van der Waals surface area (Å²) in [5.74, 6) is -0.187. The van der Waals surface area contributed by atoms with E-state index < -0.39 is 20.2 Å². The third kappa shape index (κ3) is 24.9. The Morgan fingerprint density at radius 1 is 0.732 bits per heavy atom. The van der Waals surface area contributed by atoms with Gasteiger partial charge in [0, 0.05) is 50.1 Å². The summed E-state index contributed by atoms with van der Waals surface area (Å²) in [5.41, 5.74) is -0.333. The van der Waals surface area contributed by atoms with Crippen LogP contribution in [0, 0.1) is 11.3 Å². The first-order valence-corrected chi connectivity index (χ1v) is 17.8. The minimum Gasteiger partial charge on any atom is -0.356 e. The van der Waals surface area contributed by atoms with Gasteiger partial charge in [-0.3, -0.25) is 18.7 Å². The molecule has 0 bridgehead atoms. The monoisotopic (exact) mass is 632 g/mol. The van der Waals surface area contributed by atoms with Gasteiger partial charge in [-0.05, 0) is 12.8 Å². The predicted molar refractivity (Wildman–Crippen MR) is 165 cm³/mol.